The largest absolute Gasteiger partial charge is 0.381 e. The first kappa shape index (κ1) is 9.19. The molecule has 56 valence electrons. The molecule has 0 fully saturated rings. The Balaban J connectivity index is 3.41. The van der Waals surface area contributed by atoms with Gasteiger partial charge in [-0.3, -0.25) is 0 Å². The summed E-state index contributed by atoms with van der Waals surface area (Å²) in [6.07, 6.45) is 4.19. The van der Waals surface area contributed by atoms with Crippen LogP contribution in [0.25, 0.3) is 0 Å². The highest BCUT2D eigenvalue weighted by molar-refractivity contribution is 4.77. The summed E-state index contributed by atoms with van der Waals surface area (Å²) in [5, 5.41) is 8.25. The van der Waals surface area contributed by atoms with E-state index in [-0.39, 0.29) is 6.10 Å². The minimum Gasteiger partial charge on any atom is -0.381 e. The molecule has 0 bridgehead atoms. The van der Waals surface area contributed by atoms with Crippen molar-refractivity contribution in [2.24, 2.45) is 0 Å². The highest BCUT2D eigenvalue weighted by Crippen LogP contribution is 2.04. The van der Waals surface area contributed by atoms with E-state index in [4.69, 9.17) is 10.00 Å². The maximum Gasteiger partial charge on any atom is 0.0622 e. The highest BCUT2D eigenvalue weighted by atomic mass is 16.5. The summed E-state index contributed by atoms with van der Waals surface area (Å²) in [5.74, 6) is 0. The van der Waals surface area contributed by atoms with Crippen molar-refractivity contribution in [3.63, 3.8) is 0 Å². The van der Waals surface area contributed by atoms with E-state index in [1.54, 1.807) is 7.11 Å². The minimum atomic E-state index is 0.178. The number of nitriles is 1. The Morgan fingerprint density at radius 1 is 1.80 bits per heavy atom. The molecule has 0 rings (SSSR count). The monoisotopic (exact) mass is 139 g/mol. The number of methoxy groups -OCH3 is 1. The van der Waals surface area contributed by atoms with Gasteiger partial charge in [-0.05, 0) is 12.8 Å². The van der Waals surface area contributed by atoms with E-state index in [9.17, 15) is 0 Å². The van der Waals surface area contributed by atoms with Crippen LogP contribution in [0.1, 0.15) is 19.3 Å². The zero-order valence-electron chi connectivity index (χ0n) is 6.34. The van der Waals surface area contributed by atoms with Crippen LogP contribution < -0.4 is 0 Å². The third kappa shape index (κ3) is 4.11. The van der Waals surface area contributed by atoms with Crippen molar-refractivity contribution in [3.05, 3.63) is 12.7 Å². The molecule has 0 heterocycles. The Morgan fingerprint density at radius 3 is 2.90 bits per heavy atom. The van der Waals surface area contributed by atoms with Gasteiger partial charge >= 0.3 is 0 Å². The van der Waals surface area contributed by atoms with Crippen LogP contribution in [-0.4, -0.2) is 13.2 Å². The first-order valence-corrected chi connectivity index (χ1v) is 3.35. The summed E-state index contributed by atoms with van der Waals surface area (Å²) in [4.78, 5) is 0. The van der Waals surface area contributed by atoms with E-state index in [0.717, 1.165) is 12.8 Å². The maximum absolute atomic E-state index is 8.25. The molecule has 0 aliphatic rings. The van der Waals surface area contributed by atoms with Gasteiger partial charge in [0.05, 0.1) is 12.2 Å². The lowest BCUT2D eigenvalue weighted by Gasteiger charge is -2.09. The Kier molecular flexibility index (Phi) is 5.80. The van der Waals surface area contributed by atoms with Crippen molar-refractivity contribution >= 4 is 0 Å². The predicted molar refractivity (Wildman–Crippen MR) is 40.5 cm³/mol. The Bertz CT molecular complexity index is 126. The van der Waals surface area contributed by atoms with Crippen molar-refractivity contribution < 1.29 is 4.74 Å². The SMILES string of the molecule is C=CCC(CCC#N)OC. The Hall–Kier alpha value is -0.810. The average molecular weight is 139 g/mol. The molecule has 0 aromatic rings. The van der Waals surface area contributed by atoms with Crippen molar-refractivity contribution in [3.8, 4) is 6.07 Å². The molecule has 0 aromatic carbocycles. The van der Waals surface area contributed by atoms with Gasteiger partial charge in [0.1, 0.15) is 0 Å². The van der Waals surface area contributed by atoms with E-state index < -0.39 is 0 Å². The van der Waals surface area contributed by atoms with Gasteiger partial charge in [0, 0.05) is 13.5 Å². The van der Waals surface area contributed by atoms with Crippen molar-refractivity contribution in [2.45, 2.75) is 25.4 Å². The zero-order valence-corrected chi connectivity index (χ0v) is 6.34. The average Bonchev–Trinajstić information content (AvgIpc) is 1.98. The van der Waals surface area contributed by atoms with Gasteiger partial charge in [0.15, 0.2) is 0 Å². The molecule has 0 saturated heterocycles. The fraction of sp³-hybridized carbons (Fsp3) is 0.625. The van der Waals surface area contributed by atoms with E-state index in [1.807, 2.05) is 6.08 Å². The third-order valence-electron chi connectivity index (χ3n) is 1.34. The van der Waals surface area contributed by atoms with Gasteiger partial charge in [-0.2, -0.15) is 5.26 Å². The lowest BCUT2D eigenvalue weighted by atomic mass is 10.1. The van der Waals surface area contributed by atoms with Gasteiger partial charge in [0.25, 0.3) is 0 Å². The van der Waals surface area contributed by atoms with E-state index in [2.05, 4.69) is 12.6 Å². The molecular weight excluding hydrogens is 126 g/mol. The van der Waals surface area contributed by atoms with Crippen LogP contribution in [0.3, 0.4) is 0 Å². The van der Waals surface area contributed by atoms with Crippen molar-refractivity contribution in [1.29, 1.82) is 5.26 Å². The van der Waals surface area contributed by atoms with Gasteiger partial charge < -0.3 is 4.74 Å². The van der Waals surface area contributed by atoms with E-state index in [1.165, 1.54) is 0 Å². The second kappa shape index (κ2) is 6.31. The van der Waals surface area contributed by atoms with E-state index in [0.29, 0.717) is 6.42 Å². The molecule has 0 saturated carbocycles. The Morgan fingerprint density at radius 2 is 2.50 bits per heavy atom. The number of hydrogen-bond acceptors (Lipinski definition) is 2. The van der Waals surface area contributed by atoms with Gasteiger partial charge in [0.2, 0.25) is 0 Å². The molecule has 1 unspecified atom stereocenters. The molecule has 0 amide bonds. The molecule has 0 aliphatic heterocycles. The number of rotatable bonds is 5. The van der Waals surface area contributed by atoms with Crippen LogP contribution in [0.2, 0.25) is 0 Å². The molecule has 0 N–H and O–H groups in total. The van der Waals surface area contributed by atoms with Crippen LogP contribution in [0, 0.1) is 11.3 Å². The third-order valence-corrected chi connectivity index (χ3v) is 1.34. The smallest absolute Gasteiger partial charge is 0.0622 e. The predicted octanol–water partition coefficient (Wildman–Crippen LogP) is 1.88. The molecule has 0 aromatic heterocycles. The molecule has 10 heavy (non-hydrogen) atoms. The van der Waals surface area contributed by atoms with Crippen LogP contribution in [0.4, 0.5) is 0 Å². The first-order valence-electron chi connectivity index (χ1n) is 3.35. The summed E-state index contributed by atoms with van der Waals surface area (Å²) in [7, 11) is 1.66. The normalized spacial score (nSPS) is 12.0. The lowest BCUT2D eigenvalue weighted by Crippen LogP contribution is -2.08. The molecule has 0 spiro atoms. The van der Waals surface area contributed by atoms with Gasteiger partial charge in [-0.25, -0.2) is 0 Å². The van der Waals surface area contributed by atoms with Crippen LogP contribution >= 0.6 is 0 Å². The van der Waals surface area contributed by atoms with Crippen LogP contribution in [0.5, 0.6) is 0 Å². The molecule has 2 heteroatoms. The second-order valence-corrected chi connectivity index (χ2v) is 2.08. The van der Waals surface area contributed by atoms with Crippen LogP contribution in [0.15, 0.2) is 12.7 Å². The summed E-state index contributed by atoms with van der Waals surface area (Å²) in [6.45, 7) is 3.59. The number of ether oxygens (including phenoxy) is 1. The topological polar surface area (TPSA) is 33.0 Å². The second-order valence-electron chi connectivity index (χ2n) is 2.08. The molecule has 0 radical (unpaired) electrons. The van der Waals surface area contributed by atoms with Gasteiger partial charge in [-0.1, -0.05) is 6.08 Å². The molecule has 1 atom stereocenters. The minimum absolute atomic E-state index is 0.178. The van der Waals surface area contributed by atoms with Gasteiger partial charge in [-0.15, -0.1) is 6.58 Å². The molecule has 2 nitrogen and oxygen atoms in total. The number of nitrogens with zero attached hydrogens (tertiary/aromatic N) is 1. The Labute approximate surface area is 62.1 Å². The first-order chi connectivity index (χ1) is 4.85. The van der Waals surface area contributed by atoms with Crippen molar-refractivity contribution in [2.75, 3.05) is 7.11 Å². The molecular formula is C8H13NO. The lowest BCUT2D eigenvalue weighted by molar-refractivity contribution is 0.0990. The summed E-state index contributed by atoms with van der Waals surface area (Å²) in [5.41, 5.74) is 0. The fourth-order valence-electron chi connectivity index (χ4n) is 0.743. The molecule has 0 aliphatic carbocycles. The maximum atomic E-state index is 8.25. The summed E-state index contributed by atoms with van der Waals surface area (Å²) >= 11 is 0. The zero-order chi connectivity index (χ0) is 7.82. The van der Waals surface area contributed by atoms with E-state index >= 15 is 0 Å². The van der Waals surface area contributed by atoms with Crippen molar-refractivity contribution in [1.82, 2.24) is 0 Å². The summed E-state index contributed by atoms with van der Waals surface area (Å²) in [6, 6.07) is 2.08. The van der Waals surface area contributed by atoms with Crippen LogP contribution in [-0.2, 0) is 4.74 Å². The fourth-order valence-corrected chi connectivity index (χ4v) is 0.743. The standard InChI is InChI=1S/C8H13NO/c1-3-5-8(10-2)6-4-7-9/h3,8H,1,4-6H2,2H3. The highest BCUT2D eigenvalue weighted by Gasteiger charge is 2.02. The number of hydrogen-bond donors (Lipinski definition) is 0. The quantitative estimate of drug-likeness (QED) is 0.545. The summed E-state index contributed by atoms with van der Waals surface area (Å²) < 4.78 is 5.07.